The highest BCUT2D eigenvalue weighted by molar-refractivity contribution is 5.93. The summed E-state index contributed by atoms with van der Waals surface area (Å²) in [5, 5.41) is 12.1. The summed E-state index contributed by atoms with van der Waals surface area (Å²) in [4.78, 5) is 27.5. The Morgan fingerprint density at radius 2 is 1.80 bits per heavy atom. The molecule has 1 amide bonds. The zero-order chi connectivity index (χ0) is 30.8. The van der Waals surface area contributed by atoms with Crippen molar-refractivity contribution in [3.05, 3.63) is 60.9 Å². The minimum Gasteiger partial charge on any atom is -0.493 e. The van der Waals surface area contributed by atoms with Gasteiger partial charge in [0.05, 0.1) is 12.6 Å². The van der Waals surface area contributed by atoms with Crippen molar-refractivity contribution in [3.63, 3.8) is 0 Å². The smallest absolute Gasteiger partial charge is 0.410 e. The van der Waals surface area contributed by atoms with Crippen molar-refractivity contribution in [2.75, 3.05) is 25.5 Å². The summed E-state index contributed by atoms with van der Waals surface area (Å²) in [6.45, 7) is 8.66. The van der Waals surface area contributed by atoms with E-state index in [9.17, 15) is 4.79 Å². The van der Waals surface area contributed by atoms with Gasteiger partial charge in [-0.2, -0.15) is 0 Å². The molecule has 1 aliphatic rings. The van der Waals surface area contributed by atoms with Crippen LogP contribution in [0.25, 0.3) is 16.6 Å². The van der Waals surface area contributed by atoms with Crippen LogP contribution in [0.5, 0.6) is 23.1 Å². The van der Waals surface area contributed by atoms with Gasteiger partial charge in [0, 0.05) is 49.1 Å². The van der Waals surface area contributed by atoms with E-state index in [2.05, 4.69) is 30.5 Å². The third kappa shape index (κ3) is 6.41. The number of aromatic nitrogens is 6. The standard InChI is InChI=1S/C31H34N8O5/c1-19-12-20(6-7-24(19)43-28-15-27-37-35-18-39(27)17-34-28)36-29-22-13-26(25(41-5)14-23(22)32-16-33-29)42-21-8-10-38(11-9-21)30(40)44-31(2,3)4/h6-7,12-18,21H,8-11H2,1-5H3,(H,32,33,36). The van der Waals surface area contributed by atoms with Crippen LogP contribution in [0.1, 0.15) is 39.2 Å². The van der Waals surface area contributed by atoms with Crippen molar-refractivity contribution >= 4 is 34.1 Å². The maximum Gasteiger partial charge on any atom is 0.410 e. The maximum absolute atomic E-state index is 12.5. The van der Waals surface area contributed by atoms with E-state index in [1.807, 2.05) is 58.0 Å². The number of nitrogens with zero attached hydrogens (tertiary/aromatic N) is 7. The van der Waals surface area contributed by atoms with E-state index in [0.717, 1.165) is 16.6 Å². The summed E-state index contributed by atoms with van der Waals surface area (Å²) >= 11 is 0. The molecule has 4 heterocycles. The molecular weight excluding hydrogens is 564 g/mol. The number of benzene rings is 2. The zero-order valence-electron chi connectivity index (χ0n) is 25.3. The number of hydrogen-bond donors (Lipinski definition) is 1. The molecule has 5 aromatic rings. The Hall–Kier alpha value is -5.20. The first-order valence-corrected chi connectivity index (χ1v) is 14.3. The van der Waals surface area contributed by atoms with Gasteiger partial charge in [0.2, 0.25) is 5.88 Å². The lowest BCUT2D eigenvalue weighted by atomic mass is 10.1. The number of aryl methyl sites for hydroxylation is 1. The topological polar surface area (TPSA) is 138 Å². The van der Waals surface area contributed by atoms with Crippen LogP contribution in [0.15, 0.2) is 55.4 Å². The molecule has 0 bridgehead atoms. The molecule has 0 saturated carbocycles. The number of carbonyl (C=O) groups excluding carboxylic acids is 1. The van der Waals surface area contributed by atoms with Gasteiger partial charge >= 0.3 is 6.09 Å². The van der Waals surface area contributed by atoms with Crippen molar-refractivity contribution in [2.45, 2.75) is 52.2 Å². The van der Waals surface area contributed by atoms with Gasteiger partial charge in [-0.15, -0.1) is 10.2 Å². The monoisotopic (exact) mass is 598 g/mol. The Labute approximate surface area is 254 Å². The maximum atomic E-state index is 12.5. The Bertz CT molecular complexity index is 1810. The van der Waals surface area contributed by atoms with Crippen LogP contribution < -0.4 is 19.5 Å². The molecule has 44 heavy (non-hydrogen) atoms. The van der Waals surface area contributed by atoms with Crippen molar-refractivity contribution < 1.29 is 23.7 Å². The minimum absolute atomic E-state index is 0.0868. The first kappa shape index (κ1) is 28.9. The SMILES string of the molecule is COc1cc2ncnc(Nc3ccc(Oc4cc5nncn5cn4)c(C)c3)c2cc1OC1CCN(C(=O)OC(C)(C)C)CC1. The molecular formula is C31H34N8O5. The Kier molecular flexibility index (Phi) is 7.77. The van der Waals surface area contributed by atoms with Crippen LogP contribution >= 0.6 is 0 Å². The number of piperidine rings is 1. The second kappa shape index (κ2) is 11.8. The molecule has 1 aliphatic heterocycles. The van der Waals surface area contributed by atoms with Gasteiger partial charge in [0.15, 0.2) is 17.1 Å². The van der Waals surface area contributed by atoms with E-state index in [0.29, 0.717) is 66.0 Å². The summed E-state index contributed by atoms with van der Waals surface area (Å²) in [6, 6.07) is 11.2. The lowest BCUT2D eigenvalue weighted by Gasteiger charge is -2.33. The van der Waals surface area contributed by atoms with Crippen molar-refractivity contribution in [1.29, 1.82) is 0 Å². The van der Waals surface area contributed by atoms with Crippen LogP contribution in [0.4, 0.5) is 16.3 Å². The van der Waals surface area contributed by atoms with Crippen molar-refractivity contribution in [3.8, 4) is 23.1 Å². The summed E-state index contributed by atoms with van der Waals surface area (Å²) in [6.07, 6.45) is 5.66. The Balaban J connectivity index is 1.17. The van der Waals surface area contributed by atoms with Crippen LogP contribution in [0.3, 0.4) is 0 Å². The van der Waals surface area contributed by atoms with Crippen LogP contribution in [0, 0.1) is 6.92 Å². The van der Waals surface area contributed by atoms with E-state index in [4.69, 9.17) is 18.9 Å². The molecule has 2 aromatic carbocycles. The normalized spacial score (nSPS) is 14.1. The second-order valence-electron chi connectivity index (χ2n) is 11.6. The summed E-state index contributed by atoms with van der Waals surface area (Å²) in [7, 11) is 1.60. The second-order valence-corrected chi connectivity index (χ2v) is 11.6. The molecule has 228 valence electrons. The lowest BCUT2D eigenvalue weighted by Crippen LogP contribution is -2.44. The largest absolute Gasteiger partial charge is 0.493 e. The highest BCUT2D eigenvalue weighted by Gasteiger charge is 2.28. The number of nitrogens with one attached hydrogen (secondary N) is 1. The molecule has 13 nitrogen and oxygen atoms in total. The third-order valence-corrected chi connectivity index (χ3v) is 7.12. The van der Waals surface area contributed by atoms with Gasteiger partial charge in [-0.05, 0) is 57.5 Å². The molecule has 3 aromatic heterocycles. The predicted octanol–water partition coefficient (Wildman–Crippen LogP) is 5.70. The number of fused-ring (bicyclic) bond motifs is 2. The molecule has 0 radical (unpaired) electrons. The minimum atomic E-state index is -0.531. The Morgan fingerprint density at radius 3 is 2.55 bits per heavy atom. The van der Waals surface area contributed by atoms with Gasteiger partial charge in [-0.1, -0.05) is 0 Å². The molecule has 13 heteroatoms. The highest BCUT2D eigenvalue weighted by Crippen LogP contribution is 2.37. The van der Waals surface area contributed by atoms with E-state index in [1.54, 1.807) is 35.1 Å². The number of rotatable bonds is 7. The zero-order valence-corrected chi connectivity index (χ0v) is 25.3. The summed E-state index contributed by atoms with van der Waals surface area (Å²) < 4.78 is 25.3. The quantitative estimate of drug-likeness (QED) is 0.247. The van der Waals surface area contributed by atoms with Gasteiger partial charge in [0.25, 0.3) is 0 Å². The van der Waals surface area contributed by atoms with E-state index in [-0.39, 0.29) is 12.2 Å². The number of anilines is 2. The fourth-order valence-corrected chi connectivity index (χ4v) is 4.93. The molecule has 0 aliphatic carbocycles. The van der Waals surface area contributed by atoms with Gasteiger partial charge in [-0.3, -0.25) is 4.40 Å². The van der Waals surface area contributed by atoms with Gasteiger partial charge in [-0.25, -0.2) is 19.7 Å². The Morgan fingerprint density at radius 1 is 0.977 bits per heavy atom. The average molecular weight is 599 g/mol. The number of hydrogen-bond acceptors (Lipinski definition) is 11. The van der Waals surface area contributed by atoms with Crippen LogP contribution in [-0.2, 0) is 4.74 Å². The summed E-state index contributed by atoms with van der Waals surface area (Å²) in [5.41, 5.74) is 2.55. The molecule has 0 unspecified atom stereocenters. The predicted molar refractivity (Wildman–Crippen MR) is 163 cm³/mol. The number of amides is 1. The van der Waals surface area contributed by atoms with Crippen LogP contribution in [0.2, 0.25) is 0 Å². The number of methoxy groups -OCH3 is 1. The fraction of sp³-hybridized carbons (Fsp3) is 0.355. The van der Waals surface area contributed by atoms with Gasteiger partial charge in [0.1, 0.15) is 42.3 Å². The molecule has 0 atom stereocenters. The molecule has 1 saturated heterocycles. The lowest BCUT2D eigenvalue weighted by molar-refractivity contribution is 0.0124. The number of carbonyl (C=O) groups is 1. The van der Waals surface area contributed by atoms with E-state index < -0.39 is 5.60 Å². The van der Waals surface area contributed by atoms with E-state index >= 15 is 0 Å². The molecule has 1 N–H and O–H groups in total. The fourth-order valence-electron chi connectivity index (χ4n) is 4.93. The number of ether oxygens (including phenoxy) is 4. The molecule has 6 rings (SSSR count). The molecule has 1 fully saturated rings. The highest BCUT2D eigenvalue weighted by atomic mass is 16.6. The van der Waals surface area contributed by atoms with Crippen molar-refractivity contribution in [2.24, 2.45) is 0 Å². The van der Waals surface area contributed by atoms with Crippen LogP contribution in [-0.4, -0.2) is 72.4 Å². The summed E-state index contributed by atoms with van der Waals surface area (Å²) in [5.74, 6) is 2.87. The number of likely N-dealkylation sites (tertiary alicyclic amines) is 1. The van der Waals surface area contributed by atoms with E-state index in [1.165, 1.54) is 6.33 Å². The average Bonchev–Trinajstić information content (AvgIpc) is 3.46. The van der Waals surface area contributed by atoms with Crippen molar-refractivity contribution in [1.82, 2.24) is 34.4 Å². The van der Waals surface area contributed by atoms with Gasteiger partial charge < -0.3 is 29.2 Å². The first-order chi connectivity index (χ1) is 21.1. The first-order valence-electron chi connectivity index (χ1n) is 14.3. The molecule has 0 spiro atoms. The third-order valence-electron chi connectivity index (χ3n) is 7.12.